The largest absolute Gasteiger partial charge is 0.355 e. The molecule has 1 aliphatic rings. The van der Waals surface area contributed by atoms with E-state index in [0.29, 0.717) is 18.9 Å². The molecule has 0 radical (unpaired) electrons. The molecule has 2 rings (SSSR count). The lowest BCUT2D eigenvalue weighted by Crippen LogP contribution is -2.29. The van der Waals surface area contributed by atoms with Crippen LogP contribution in [0.15, 0.2) is 28.7 Å². The molecule has 0 bridgehead atoms. The van der Waals surface area contributed by atoms with Gasteiger partial charge >= 0.3 is 0 Å². The first-order chi connectivity index (χ1) is 9.06. The number of carbonyl (C=O) groups excluding carboxylic acids is 2. The van der Waals surface area contributed by atoms with E-state index in [2.05, 4.69) is 33.5 Å². The number of nitrogens with one attached hydrogen (secondary N) is 2. The van der Waals surface area contributed by atoms with Gasteiger partial charge in [-0.2, -0.15) is 0 Å². The molecule has 0 spiro atoms. The number of amides is 2. The minimum atomic E-state index is -0.0951. The molecule has 0 unspecified atom stereocenters. The van der Waals surface area contributed by atoms with Crippen molar-refractivity contribution in [2.24, 2.45) is 11.8 Å². The highest BCUT2D eigenvalue weighted by Gasteiger charge is 2.38. The summed E-state index contributed by atoms with van der Waals surface area (Å²) in [5.41, 5.74) is 0.751. The summed E-state index contributed by atoms with van der Waals surface area (Å²) in [4.78, 5) is 23.2. The van der Waals surface area contributed by atoms with E-state index in [-0.39, 0.29) is 17.7 Å². The van der Waals surface area contributed by atoms with E-state index < -0.39 is 0 Å². The molecule has 0 heterocycles. The average molecular weight is 325 g/mol. The predicted molar refractivity (Wildman–Crippen MR) is 77.7 cm³/mol. The summed E-state index contributed by atoms with van der Waals surface area (Å²) in [5.74, 6) is 0.633. The van der Waals surface area contributed by atoms with Crippen LogP contribution in [0, 0.1) is 11.8 Å². The van der Waals surface area contributed by atoms with Crippen molar-refractivity contribution in [3.8, 4) is 0 Å². The zero-order chi connectivity index (χ0) is 13.8. The number of anilines is 1. The summed E-state index contributed by atoms with van der Waals surface area (Å²) < 4.78 is 0.918. The number of carbonyl (C=O) groups is 2. The molecule has 1 fully saturated rings. The molecule has 1 aromatic rings. The standard InChI is InChI=1S/C14H17BrN2O2/c1-9-7-12(9)14(19)16-6-5-13(18)17-11-4-2-3-10(15)8-11/h2-4,8-9,12H,5-7H2,1H3,(H,16,19)(H,17,18)/t9-,12+/m1/s1. The van der Waals surface area contributed by atoms with Gasteiger partial charge in [0.2, 0.25) is 11.8 Å². The number of halogens is 1. The zero-order valence-corrected chi connectivity index (χ0v) is 12.4. The van der Waals surface area contributed by atoms with Crippen molar-refractivity contribution in [2.45, 2.75) is 19.8 Å². The van der Waals surface area contributed by atoms with Crippen LogP contribution in [0.25, 0.3) is 0 Å². The molecule has 0 saturated heterocycles. The van der Waals surface area contributed by atoms with E-state index in [0.717, 1.165) is 16.6 Å². The van der Waals surface area contributed by atoms with Crippen LogP contribution in [0.1, 0.15) is 19.8 Å². The lowest BCUT2D eigenvalue weighted by molar-refractivity contribution is -0.122. The highest BCUT2D eigenvalue weighted by Crippen LogP contribution is 2.37. The lowest BCUT2D eigenvalue weighted by atomic mass is 10.3. The Morgan fingerprint density at radius 2 is 2.16 bits per heavy atom. The smallest absolute Gasteiger partial charge is 0.226 e. The molecule has 1 aliphatic carbocycles. The molecule has 0 aromatic heterocycles. The van der Waals surface area contributed by atoms with Gasteiger partial charge in [0.1, 0.15) is 0 Å². The summed E-state index contributed by atoms with van der Waals surface area (Å²) in [7, 11) is 0. The molecule has 1 aromatic carbocycles. The van der Waals surface area contributed by atoms with Crippen molar-refractivity contribution in [1.82, 2.24) is 5.32 Å². The van der Waals surface area contributed by atoms with Crippen molar-refractivity contribution < 1.29 is 9.59 Å². The minimum absolute atomic E-state index is 0.0720. The van der Waals surface area contributed by atoms with Gasteiger partial charge in [-0.05, 0) is 30.5 Å². The van der Waals surface area contributed by atoms with Gasteiger partial charge in [-0.25, -0.2) is 0 Å². The van der Waals surface area contributed by atoms with Gasteiger partial charge in [0.15, 0.2) is 0 Å². The number of hydrogen-bond acceptors (Lipinski definition) is 2. The zero-order valence-electron chi connectivity index (χ0n) is 10.8. The van der Waals surface area contributed by atoms with Crippen molar-refractivity contribution in [3.63, 3.8) is 0 Å². The quantitative estimate of drug-likeness (QED) is 0.874. The highest BCUT2D eigenvalue weighted by molar-refractivity contribution is 9.10. The first-order valence-corrected chi connectivity index (χ1v) is 7.18. The maximum Gasteiger partial charge on any atom is 0.226 e. The third-order valence-electron chi connectivity index (χ3n) is 3.21. The van der Waals surface area contributed by atoms with E-state index in [1.165, 1.54) is 0 Å². The van der Waals surface area contributed by atoms with Gasteiger partial charge in [0.05, 0.1) is 0 Å². The fraction of sp³-hybridized carbons (Fsp3) is 0.429. The topological polar surface area (TPSA) is 58.2 Å². The second-order valence-electron chi connectivity index (χ2n) is 4.92. The molecule has 5 heteroatoms. The molecule has 0 aliphatic heterocycles. The lowest BCUT2D eigenvalue weighted by Gasteiger charge is -2.06. The molecule has 2 atom stereocenters. The molecule has 19 heavy (non-hydrogen) atoms. The third kappa shape index (κ3) is 4.35. The first-order valence-electron chi connectivity index (χ1n) is 6.39. The van der Waals surface area contributed by atoms with E-state index in [9.17, 15) is 9.59 Å². The van der Waals surface area contributed by atoms with Gasteiger partial charge < -0.3 is 10.6 Å². The van der Waals surface area contributed by atoms with E-state index in [1.54, 1.807) is 0 Å². The maximum absolute atomic E-state index is 11.7. The summed E-state index contributed by atoms with van der Waals surface area (Å²) in [6.45, 7) is 2.45. The first kappa shape index (κ1) is 14.1. The van der Waals surface area contributed by atoms with Gasteiger partial charge in [0.25, 0.3) is 0 Å². The summed E-state index contributed by atoms with van der Waals surface area (Å²) >= 11 is 3.34. The molecular formula is C14H17BrN2O2. The second kappa shape index (κ2) is 6.19. The second-order valence-corrected chi connectivity index (χ2v) is 5.83. The Morgan fingerprint density at radius 3 is 2.79 bits per heavy atom. The Hall–Kier alpha value is -1.36. The average Bonchev–Trinajstić information content (AvgIpc) is 3.06. The number of rotatable bonds is 5. The van der Waals surface area contributed by atoms with Crippen molar-refractivity contribution in [1.29, 1.82) is 0 Å². The van der Waals surface area contributed by atoms with Crippen LogP contribution in [0.2, 0.25) is 0 Å². The van der Waals surface area contributed by atoms with Crippen molar-refractivity contribution in [2.75, 3.05) is 11.9 Å². The predicted octanol–water partition coefficient (Wildman–Crippen LogP) is 2.55. The highest BCUT2D eigenvalue weighted by atomic mass is 79.9. The Morgan fingerprint density at radius 1 is 1.42 bits per heavy atom. The van der Waals surface area contributed by atoms with Crippen LogP contribution in [0.5, 0.6) is 0 Å². The molecule has 1 saturated carbocycles. The van der Waals surface area contributed by atoms with Crippen molar-refractivity contribution in [3.05, 3.63) is 28.7 Å². The Labute approximate surface area is 121 Å². The monoisotopic (exact) mass is 324 g/mol. The molecule has 2 N–H and O–H groups in total. The van der Waals surface area contributed by atoms with Crippen LogP contribution in [-0.4, -0.2) is 18.4 Å². The van der Waals surface area contributed by atoms with Crippen LogP contribution in [-0.2, 0) is 9.59 Å². The molecule has 2 amide bonds. The van der Waals surface area contributed by atoms with Crippen molar-refractivity contribution >= 4 is 33.4 Å². The van der Waals surface area contributed by atoms with E-state index in [1.807, 2.05) is 24.3 Å². The summed E-state index contributed by atoms with van der Waals surface area (Å²) in [6, 6.07) is 7.41. The third-order valence-corrected chi connectivity index (χ3v) is 3.70. The van der Waals surface area contributed by atoms with Crippen LogP contribution < -0.4 is 10.6 Å². The molecule has 4 nitrogen and oxygen atoms in total. The fourth-order valence-corrected chi connectivity index (χ4v) is 2.31. The van der Waals surface area contributed by atoms with Gasteiger partial charge in [-0.3, -0.25) is 9.59 Å². The normalized spacial score (nSPS) is 20.7. The van der Waals surface area contributed by atoms with E-state index >= 15 is 0 Å². The number of benzene rings is 1. The summed E-state index contributed by atoms with van der Waals surface area (Å²) in [5, 5.41) is 5.58. The SMILES string of the molecule is C[C@@H]1C[C@@H]1C(=O)NCCC(=O)Nc1cccc(Br)c1. The summed E-state index contributed by atoms with van der Waals surface area (Å²) in [6.07, 6.45) is 1.26. The molecular weight excluding hydrogens is 308 g/mol. The van der Waals surface area contributed by atoms with Gasteiger partial charge in [-0.15, -0.1) is 0 Å². The van der Waals surface area contributed by atoms with Crippen LogP contribution in [0.4, 0.5) is 5.69 Å². The molecule has 102 valence electrons. The fourth-order valence-electron chi connectivity index (χ4n) is 1.91. The maximum atomic E-state index is 11.7. The van der Waals surface area contributed by atoms with Gasteiger partial charge in [0, 0.05) is 29.0 Å². The van der Waals surface area contributed by atoms with Crippen LogP contribution in [0.3, 0.4) is 0 Å². The minimum Gasteiger partial charge on any atom is -0.355 e. The van der Waals surface area contributed by atoms with E-state index in [4.69, 9.17) is 0 Å². The Balaban J connectivity index is 1.68. The van der Waals surface area contributed by atoms with Crippen LogP contribution >= 0.6 is 15.9 Å². The Bertz CT molecular complexity index is 490. The van der Waals surface area contributed by atoms with Gasteiger partial charge in [-0.1, -0.05) is 28.9 Å². The Kier molecular flexibility index (Phi) is 4.58. The number of hydrogen-bond donors (Lipinski definition) is 2.